The zero-order valence-electron chi connectivity index (χ0n) is 14.4. The Hall–Kier alpha value is -0.590. The summed E-state index contributed by atoms with van der Waals surface area (Å²) in [4.78, 5) is 8.67. The van der Waals surface area contributed by atoms with Crippen LogP contribution in [0.1, 0.15) is 38.5 Å². The quantitative estimate of drug-likeness (QED) is 0.566. The fraction of sp³-hybridized carbons (Fsp3) is 0.706. The van der Waals surface area contributed by atoms with Crippen LogP contribution >= 0.6 is 27.3 Å². The summed E-state index contributed by atoms with van der Waals surface area (Å²) in [5.74, 6) is 0.964. The molecule has 1 aliphatic rings. The lowest BCUT2D eigenvalue weighted by Gasteiger charge is -2.35. The van der Waals surface area contributed by atoms with Gasteiger partial charge in [-0.15, -0.1) is 11.3 Å². The number of nitrogens with one attached hydrogen (secondary N) is 2. The molecule has 0 unspecified atom stereocenters. The molecule has 0 bridgehead atoms. The van der Waals surface area contributed by atoms with E-state index in [1.165, 1.54) is 34.6 Å². The standard InChI is InChI=1S/C17H29BrN4S/c1-4-19-17(20-10-7-15-5-6-16(18)23-15)21-14-8-11-22(12-9-14)13(2)3/h5-6,13-14H,4,7-12H2,1-3H3,(H2,19,20,21). The number of guanidine groups is 1. The molecular weight excluding hydrogens is 372 g/mol. The molecule has 6 heteroatoms. The fourth-order valence-corrected chi connectivity index (χ4v) is 4.31. The van der Waals surface area contributed by atoms with E-state index in [1.807, 2.05) is 0 Å². The van der Waals surface area contributed by atoms with Crippen molar-refractivity contribution in [2.75, 3.05) is 26.2 Å². The highest BCUT2D eigenvalue weighted by molar-refractivity contribution is 9.11. The number of hydrogen-bond donors (Lipinski definition) is 2. The molecule has 0 spiro atoms. The Balaban J connectivity index is 1.80. The van der Waals surface area contributed by atoms with Crippen molar-refractivity contribution in [1.82, 2.24) is 15.5 Å². The van der Waals surface area contributed by atoms with Gasteiger partial charge in [0.2, 0.25) is 0 Å². The topological polar surface area (TPSA) is 39.7 Å². The van der Waals surface area contributed by atoms with Gasteiger partial charge in [-0.25, -0.2) is 0 Å². The van der Waals surface area contributed by atoms with Crippen molar-refractivity contribution in [2.45, 2.75) is 52.1 Å². The van der Waals surface area contributed by atoms with Gasteiger partial charge in [0.15, 0.2) is 5.96 Å². The van der Waals surface area contributed by atoms with Gasteiger partial charge in [-0.2, -0.15) is 0 Å². The normalized spacial score (nSPS) is 17.7. The largest absolute Gasteiger partial charge is 0.357 e. The Kier molecular flexibility index (Phi) is 7.86. The van der Waals surface area contributed by atoms with E-state index < -0.39 is 0 Å². The first-order chi connectivity index (χ1) is 11.1. The smallest absolute Gasteiger partial charge is 0.191 e. The van der Waals surface area contributed by atoms with Crippen LogP contribution in [0.15, 0.2) is 20.9 Å². The molecule has 0 saturated carbocycles. The van der Waals surface area contributed by atoms with Crippen molar-refractivity contribution >= 4 is 33.2 Å². The Morgan fingerprint density at radius 2 is 2.13 bits per heavy atom. The second-order valence-electron chi connectivity index (χ2n) is 6.26. The number of hydrogen-bond acceptors (Lipinski definition) is 3. The van der Waals surface area contributed by atoms with Gasteiger partial charge >= 0.3 is 0 Å². The van der Waals surface area contributed by atoms with Crippen LogP contribution in [0.25, 0.3) is 0 Å². The van der Waals surface area contributed by atoms with Gasteiger partial charge in [-0.1, -0.05) is 0 Å². The van der Waals surface area contributed by atoms with Gasteiger partial charge in [0.05, 0.1) is 3.79 Å². The number of rotatable bonds is 6. The van der Waals surface area contributed by atoms with Crippen LogP contribution in [0.2, 0.25) is 0 Å². The van der Waals surface area contributed by atoms with Crippen LogP contribution in [-0.4, -0.2) is 49.1 Å². The minimum Gasteiger partial charge on any atom is -0.357 e. The summed E-state index contributed by atoms with van der Waals surface area (Å²) >= 11 is 5.30. The number of thiophene rings is 1. The van der Waals surface area contributed by atoms with Gasteiger partial charge in [0.1, 0.15) is 0 Å². The molecule has 130 valence electrons. The molecule has 1 aromatic rings. The SMILES string of the molecule is CCNC(=NCCc1ccc(Br)s1)NC1CCN(C(C)C)CC1. The minimum atomic E-state index is 0.540. The van der Waals surface area contributed by atoms with Crippen molar-refractivity contribution in [3.63, 3.8) is 0 Å². The lowest BCUT2D eigenvalue weighted by molar-refractivity contribution is 0.167. The summed E-state index contributed by atoms with van der Waals surface area (Å²) in [6.45, 7) is 10.8. The number of nitrogens with zero attached hydrogens (tertiary/aromatic N) is 2. The maximum absolute atomic E-state index is 4.74. The third-order valence-electron chi connectivity index (χ3n) is 4.20. The van der Waals surface area contributed by atoms with Gasteiger partial charge in [0, 0.05) is 49.6 Å². The van der Waals surface area contributed by atoms with Crippen LogP contribution in [-0.2, 0) is 6.42 Å². The van der Waals surface area contributed by atoms with E-state index in [-0.39, 0.29) is 0 Å². The highest BCUT2D eigenvalue weighted by Crippen LogP contribution is 2.22. The molecule has 0 aromatic carbocycles. The molecule has 4 nitrogen and oxygen atoms in total. The van der Waals surface area contributed by atoms with Crippen LogP contribution in [0.5, 0.6) is 0 Å². The molecule has 1 aliphatic heterocycles. The zero-order valence-corrected chi connectivity index (χ0v) is 16.8. The first-order valence-corrected chi connectivity index (χ1v) is 10.2. The molecule has 23 heavy (non-hydrogen) atoms. The highest BCUT2D eigenvalue weighted by atomic mass is 79.9. The van der Waals surface area contributed by atoms with E-state index in [4.69, 9.17) is 4.99 Å². The molecule has 0 atom stereocenters. The molecule has 1 fully saturated rings. The van der Waals surface area contributed by atoms with E-state index >= 15 is 0 Å². The molecule has 2 N–H and O–H groups in total. The molecule has 0 radical (unpaired) electrons. The predicted molar refractivity (Wildman–Crippen MR) is 105 cm³/mol. The summed E-state index contributed by atoms with van der Waals surface area (Å²) in [6.07, 6.45) is 3.39. The second kappa shape index (κ2) is 9.64. The maximum Gasteiger partial charge on any atom is 0.191 e. The fourth-order valence-electron chi connectivity index (χ4n) is 2.84. The van der Waals surface area contributed by atoms with E-state index in [2.05, 4.69) is 64.4 Å². The third kappa shape index (κ3) is 6.43. The molecule has 2 rings (SSSR count). The Morgan fingerprint density at radius 1 is 1.39 bits per heavy atom. The van der Waals surface area contributed by atoms with E-state index in [0.717, 1.165) is 25.5 Å². The average Bonchev–Trinajstić information content (AvgIpc) is 2.93. The first kappa shape index (κ1) is 18.7. The summed E-state index contributed by atoms with van der Waals surface area (Å²) in [6, 6.07) is 5.48. The van der Waals surface area contributed by atoms with Crippen LogP contribution < -0.4 is 10.6 Å². The summed E-state index contributed by atoms with van der Waals surface area (Å²) in [5.41, 5.74) is 0. The molecule has 0 aliphatic carbocycles. The number of piperidine rings is 1. The monoisotopic (exact) mass is 400 g/mol. The van der Waals surface area contributed by atoms with Crippen molar-refractivity contribution in [1.29, 1.82) is 0 Å². The van der Waals surface area contributed by atoms with Crippen LogP contribution in [0.3, 0.4) is 0 Å². The number of halogens is 1. The summed E-state index contributed by atoms with van der Waals surface area (Å²) in [7, 11) is 0. The molecule has 0 amide bonds. The molecule has 2 heterocycles. The highest BCUT2D eigenvalue weighted by Gasteiger charge is 2.21. The maximum atomic E-state index is 4.74. The Morgan fingerprint density at radius 3 is 2.70 bits per heavy atom. The van der Waals surface area contributed by atoms with Crippen molar-refractivity contribution in [3.8, 4) is 0 Å². The first-order valence-electron chi connectivity index (χ1n) is 8.61. The van der Waals surface area contributed by atoms with Crippen molar-refractivity contribution < 1.29 is 0 Å². The number of likely N-dealkylation sites (tertiary alicyclic amines) is 1. The molecule has 1 aromatic heterocycles. The van der Waals surface area contributed by atoms with Crippen LogP contribution in [0.4, 0.5) is 0 Å². The summed E-state index contributed by atoms with van der Waals surface area (Å²) < 4.78 is 1.19. The lowest BCUT2D eigenvalue weighted by atomic mass is 10.0. The minimum absolute atomic E-state index is 0.540. The van der Waals surface area contributed by atoms with Gasteiger partial charge in [0.25, 0.3) is 0 Å². The van der Waals surface area contributed by atoms with Crippen molar-refractivity contribution in [3.05, 3.63) is 20.8 Å². The van der Waals surface area contributed by atoms with E-state index in [1.54, 1.807) is 11.3 Å². The third-order valence-corrected chi connectivity index (χ3v) is 5.89. The predicted octanol–water partition coefficient (Wildman–Crippen LogP) is 3.48. The van der Waals surface area contributed by atoms with E-state index in [9.17, 15) is 0 Å². The zero-order chi connectivity index (χ0) is 16.7. The second-order valence-corrected chi connectivity index (χ2v) is 8.81. The summed E-state index contributed by atoms with van der Waals surface area (Å²) in [5, 5.41) is 6.99. The van der Waals surface area contributed by atoms with Crippen molar-refractivity contribution in [2.24, 2.45) is 4.99 Å². The van der Waals surface area contributed by atoms with Crippen LogP contribution in [0, 0.1) is 0 Å². The molecular formula is C17H29BrN4S. The number of aliphatic imine (C=N–C) groups is 1. The van der Waals surface area contributed by atoms with Gasteiger partial charge in [-0.3, -0.25) is 4.99 Å². The Labute approximate surface area is 152 Å². The Bertz CT molecular complexity index is 493. The van der Waals surface area contributed by atoms with Gasteiger partial charge in [-0.05, 0) is 61.7 Å². The average molecular weight is 401 g/mol. The van der Waals surface area contributed by atoms with Gasteiger partial charge < -0.3 is 15.5 Å². The molecule has 1 saturated heterocycles. The lowest BCUT2D eigenvalue weighted by Crippen LogP contribution is -2.49. The van der Waals surface area contributed by atoms with E-state index in [0.29, 0.717) is 12.1 Å².